The van der Waals surface area contributed by atoms with Crippen LogP contribution in [0.3, 0.4) is 0 Å². The second-order valence-electron chi connectivity index (χ2n) is 5.33. The van der Waals surface area contributed by atoms with Crippen molar-refractivity contribution in [1.82, 2.24) is 20.0 Å². The van der Waals surface area contributed by atoms with Crippen LogP contribution in [0.25, 0.3) is 5.65 Å². The van der Waals surface area contributed by atoms with Crippen LogP contribution in [0.1, 0.15) is 17.8 Å². The molecule has 2 N–H and O–H groups in total. The molecule has 1 aliphatic rings. The molecule has 2 aromatic rings. The Morgan fingerprint density at radius 1 is 1.57 bits per heavy atom. The molecule has 6 heteroatoms. The third-order valence-electron chi connectivity index (χ3n) is 3.64. The van der Waals surface area contributed by atoms with E-state index >= 15 is 0 Å². The molecule has 0 saturated carbocycles. The molecular weight excluding hydrogens is 284 g/mol. The Hall–Kier alpha value is -1.53. The molecule has 2 aromatic heterocycles. The van der Waals surface area contributed by atoms with Crippen molar-refractivity contribution in [1.29, 1.82) is 0 Å². The molecule has 3 heterocycles. The van der Waals surface area contributed by atoms with E-state index in [1.807, 2.05) is 47.5 Å². The maximum atomic E-state index is 12.0. The van der Waals surface area contributed by atoms with Gasteiger partial charge in [0, 0.05) is 42.4 Å². The summed E-state index contributed by atoms with van der Waals surface area (Å²) in [5, 5.41) is 6.34. The van der Waals surface area contributed by atoms with Gasteiger partial charge in [0.2, 0.25) is 5.91 Å². The van der Waals surface area contributed by atoms with Gasteiger partial charge in [-0.1, -0.05) is 6.07 Å². The van der Waals surface area contributed by atoms with Crippen LogP contribution in [0.2, 0.25) is 0 Å². The lowest BCUT2D eigenvalue weighted by Gasteiger charge is -2.22. The summed E-state index contributed by atoms with van der Waals surface area (Å²) in [6.45, 7) is 3.53. The van der Waals surface area contributed by atoms with E-state index in [1.54, 1.807) is 0 Å². The fraction of sp³-hybridized carbons (Fsp3) is 0.467. The van der Waals surface area contributed by atoms with Crippen molar-refractivity contribution in [3.63, 3.8) is 0 Å². The molecule has 1 atom stereocenters. The van der Waals surface area contributed by atoms with Crippen molar-refractivity contribution < 1.29 is 4.79 Å². The number of amides is 1. The first-order valence-corrected chi connectivity index (χ1v) is 8.39. The maximum Gasteiger partial charge on any atom is 0.221 e. The summed E-state index contributed by atoms with van der Waals surface area (Å²) in [4.78, 5) is 16.5. The molecule has 1 unspecified atom stereocenters. The number of nitrogens with one attached hydrogen (secondary N) is 2. The van der Waals surface area contributed by atoms with E-state index in [0.717, 1.165) is 35.1 Å². The minimum absolute atomic E-state index is 0.0868. The van der Waals surface area contributed by atoms with E-state index in [-0.39, 0.29) is 5.91 Å². The van der Waals surface area contributed by atoms with Crippen LogP contribution in [0.4, 0.5) is 0 Å². The number of carbonyl (C=O) groups is 1. The number of imidazole rings is 1. The second kappa shape index (κ2) is 6.49. The van der Waals surface area contributed by atoms with Gasteiger partial charge in [-0.05, 0) is 19.1 Å². The van der Waals surface area contributed by atoms with Crippen molar-refractivity contribution in [3.05, 3.63) is 35.8 Å². The average molecular weight is 304 g/mol. The van der Waals surface area contributed by atoms with Crippen LogP contribution in [0, 0.1) is 6.92 Å². The highest BCUT2D eigenvalue weighted by atomic mass is 32.2. The largest absolute Gasteiger partial charge is 0.350 e. The lowest BCUT2D eigenvalue weighted by molar-refractivity contribution is -0.121. The number of hydrogen-bond acceptors (Lipinski definition) is 4. The van der Waals surface area contributed by atoms with Crippen LogP contribution in [0.5, 0.6) is 0 Å². The predicted octanol–water partition coefficient (Wildman–Crippen LogP) is 1.35. The van der Waals surface area contributed by atoms with Crippen molar-refractivity contribution in [2.75, 3.05) is 18.1 Å². The molecule has 0 spiro atoms. The van der Waals surface area contributed by atoms with Gasteiger partial charge in [0.15, 0.2) is 0 Å². The standard InChI is InChI=1S/C15H20N4OS/c1-11-3-2-4-14-18-13(9-19(11)14)8-17-15(20)7-12-10-21-6-5-16-12/h2-4,9,12,16H,5-8,10H2,1H3,(H,17,20). The molecule has 112 valence electrons. The molecule has 1 amide bonds. The van der Waals surface area contributed by atoms with Crippen molar-refractivity contribution in [2.45, 2.75) is 25.9 Å². The Balaban J connectivity index is 1.55. The van der Waals surface area contributed by atoms with Gasteiger partial charge in [-0.15, -0.1) is 0 Å². The van der Waals surface area contributed by atoms with E-state index in [9.17, 15) is 4.79 Å². The monoisotopic (exact) mass is 304 g/mol. The average Bonchev–Trinajstić information content (AvgIpc) is 2.91. The van der Waals surface area contributed by atoms with Gasteiger partial charge in [-0.2, -0.15) is 11.8 Å². The highest BCUT2D eigenvalue weighted by Crippen LogP contribution is 2.11. The quantitative estimate of drug-likeness (QED) is 0.895. The van der Waals surface area contributed by atoms with E-state index in [1.165, 1.54) is 0 Å². The Morgan fingerprint density at radius 3 is 3.24 bits per heavy atom. The maximum absolute atomic E-state index is 12.0. The normalized spacial score (nSPS) is 18.8. The minimum atomic E-state index is 0.0868. The van der Waals surface area contributed by atoms with Crippen molar-refractivity contribution in [2.24, 2.45) is 0 Å². The zero-order valence-corrected chi connectivity index (χ0v) is 12.9. The van der Waals surface area contributed by atoms with Crippen LogP contribution in [0.15, 0.2) is 24.4 Å². The summed E-state index contributed by atoms with van der Waals surface area (Å²) in [6.07, 6.45) is 2.53. The van der Waals surface area contributed by atoms with Gasteiger partial charge in [0.05, 0.1) is 12.2 Å². The Bertz CT molecular complexity index is 634. The zero-order valence-electron chi connectivity index (χ0n) is 12.1. The minimum Gasteiger partial charge on any atom is -0.350 e. The summed E-state index contributed by atoms with van der Waals surface area (Å²) in [6, 6.07) is 6.31. The van der Waals surface area contributed by atoms with Crippen LogP contribution >= 0.6 is 11.8 Å². The highest BCUT2D eigenvalue weighted by molar-refractivity contribution is 7.99. The number of nitrogens with zero attached hydrogens (tertiary/aromatic N) is 2. The number of pyridine rings is 1. The van der Waals surface area contributed by atoms with Crippen LogP contribution in [-0.4, -0.2) is 39.4 Å². The number of hydrogen-bond donors (Lipinski definition) is 2. The summed E-state index contributed by atoms with van der Waals surface area (Å²) in [5.74, 6) is 2.24. The molecule has 0 aliphatic carbocycles. The molecule has 1 fully saturated rings. The molecule has 1 saturated heterocycles. The fourth-order valence-electron chi connectivity index (χ4n) is 2.52. The first kappa shape index (κ1) is 14.4. The molecular formula is C15H20N4OS. The Morgan fingerprint density at radius 2 is 2.48 bits per heavy atom. The number of aryl methyl sites for hydroxylation is 1. The second-order valence-corrected chi connectivity index (χ2v) is 6.48. The van der Waals surface area contributed by atoms with Crippen molar-refractivity contribution >= 4 is 23.3 Å². The first-order valence-electron chi connectivity index (χ1n) is 7.24. The van der Waals surface area contributed by atoms with Gasteiger partial charge in [0.1, 0.15) is 5.65 Å². The number of carbonyl (C=O) groups excluding carboxylic acids is 1. The SMILES string of the molecule is Cc1cccc2nc(CNC(=O)CC3CSCCN3)cn12. The number of aromatic nitrogens is 2. The highest BCUT2D eigenvalue weighted by Gasteiger charge is 2.16. The summed E-state index contributed by atoms with van der Waals surface area (Å²) >= 11 is 1.91. The Labute approximate surface area is 128 Å². The molecule has 0 aromatic carbocycles. The molecule has 0 bridgehead atoms. The summed E-state index contributed by atoms with van der Waals surface area (Å²) in [7, 11) is 0. The van der Waals surface area contributed by atoms with Gasteiger partial charge in [0.25, 0.3) is 0 Å². The topological polar surface area (TPSA) is 58.4 Å². The molecule has 1 aliphatic heterocycles. The van der Waals surface area contributed by atoms with Gasteiger partial charge < -0.3 is 15.0 Å². The predicted molar refractivity (Wildman–Crippen MR) is 85.5 cm³/mol. The van der Waals surface area contributed by atoms with E-state index < -0.39 is 0 Å². The van der Waals surface area contributed by atoms with Crippen molar-refractivity contribution in [3.8, 4) is 0 Å². The zero-order chi connectivity index (χ0) is 14.7. The van der Waals surface area contributed by atoms with Crippen LogP contribution < -0.4 is 10.6 Å². The van der Waals surface area contributed by atoms with Crippen LogP contribution in [-0.2, 0) is 11.3 Å². The molecule has 21 heavy (non-hydrogen) atoms. The lowest BCUT2D eigenvalue weighted by Crippen LogP contribution is -2.41. The summed E-state index contributed by atoms with van der Waals surface area (Å²) in [5.41, 5.74) is 2.95. The number of thioether (sulfide) groups is 1. The number of rotatable bonds is 4. The molecule has 0 radical (unpaired) electrons. The van der Waals surface area contributed by atoms with Gasteiger partial charge >= 0.3 is 0 Å². The van der Waals surface area contributed by atoms with E-state index in [0.29, 0.717) is 19.0 Å². The van der Waals surface area contributed by atoms with Gasteiger partial charge in [-0.25, -0.2) is 4.98 Å². The molecule has 5 nitrogen and oxygen atoms in total. The number of fused-ring (bicyclic) bond motifs is 1. The molecule has 3 rings (SSSR count). The smallest absolute Gasteiger partial charge is 0.221 e. The van der Waals surface area contributed by atoms with E-state index in [2.05, 4.69) is 15.6 Å². The first-order chi connectivity index (χ1) is 10.2. The Kier molecular flexibility index (Phi) is 4.45. The fourth-order valence-corrected chi connectivity index (χ4v) is 3.47. The third kappa shape index (κ3) is 3.57. The van der Waals surface area contributed by atoms with Gasteiger partial charge in [-0.3, -0.25) is 4.79 Å². The third-order valence-corrected chi connectivity index (χ3v) is 4.77. The summed E-state index contributed by atoms with van der Waals surface area (Å²) < 4.78 is 2.04. The lowest BCUT2D eigenvalue weighted by atomic mass is 10.2. The van der Waals surface area contributed by atoms with E-state index in [4.69, 9.17) is 0 Å².